The Morgan fingerprint density at radius 2 is 2.08 bits per heavy atom. The quantitative estimate of drug-likeness (QED) is 0.399. The molecule has 1 aromatic rings. The predicted molar refractivity (Wildman–Crippen MR) is 91.1 cm³/mol. The summed E-state index contributed by atoms with van der Waals surface area (Å²) in [5.74, 6) is -1.93. The first-order chi connectivity index (χ1) is 11.9. The lowest BCUT2D eigenvalue weighted by Crippen LogP contribution is -2.42. The molecule has 0 aliphatic carbocycles. The smallest absolute Gasteiger partial charge is 0.315 e. The van der Waals surface area contributed by atoms with Gasteiger partial charge in [-0.2, -0.15) is 0 Å². The highest BCUT2D eigenvalue weighted by Crippen LogP contribution is 2.25. The van der Waals surface area contributed by atoms with E-state index in [1.54, 1.807) is 19.1 Å². The minimum Gasteiger partial charge on any atom is -0.466 e. The minimum absolute atomic E-state index is 0.176. The Kier molecular flexibility index (Phi) is 6.60. The van der Waals surface area contributed by atoms with E-state index in [1.807, 2.05) is 4.90 Å². The van der Waals surface area contributed by atoms with Gasteiger partial charge in [0.2, 0.25) is 5.91 Å². The number of halogens is 1. The summed E-state index contributed by atoms with van der Waals surface area (Å²) < 4.78 is 4.65. The molecule has 2 rings (SSSR count). The Morgan fingerprint density at radius 1 is 1.32 bits per heavy atom. The zero-order valence-corrected chi connectivity index (χ0v) is 14.5. The van der Waals surface area contributed by atoms with E-state index in [0.717, 1.165) is 0 Å². The molecule has 0 aromatic heterocycles. The summed E-state index contributed by atoms with van der Waals surface area (Å²) in [6.07, 6.45) is -0.239. The molecular formula is C16H20ClN3O5. The van der Waals surface area contributed by atoms with Crippen molar-refractivity contribution in [3.63, 3.8) is 0 Å². The summed E-state index contributed by atoms with van der Waals surface area (Å²) in [7, 11) is 0. The number of hydrogen-bond acceptors (Lipinski definition) is 6. The van der Waals surface area contributed by atoms with Gasteiger partial charge in [0.15, 0.2) is 0 Å². The molecular weight excluding hydrogens is 350 g/mol. The third kappa shape index (κ3) is 5.61. The summed E-state index contributed by atoms with van der Waals surface area (Å²) >= 11 is 6.06. The Labute approximate surface area is 150 Å². The van der Waals surface area contributed by atoms with Crippen LogP contribution in [0.25, 0.3) is 0 Å². The number of β-amino-alcohol motifs (C(OH)–C–C–N with tert-alkyl or cyclic N) is 1. The van der Waals surface area contributed by atoms with E-state index in [-0.39, 0.29) is 12.2 Å². The van der Waals surface area contributed by atoms with Crippen molar-refractivity contribution >= 4 is 35.1 Å². The van der Waals surface area contributed by atoms with Crippen LogP contribution in [-0.4, -0.2) is 48.7 Å². The third-order valence-electron chi connectivity index (χ3n) is 3.60. The first-order valence-corrected chi connectivity index (χ1v) is 8.25. The van der Waals surface area contributed by atoms with Crippen LogP contribution in [0.15, 0.2) is 18.2 Å². The molecule has 1 aromatic carbocycles. The van der Waals surface area contributed by atoms with E-state index >= 15 is 0 Å². The SMILES string of the molecule is CCOC(=O)CC(=O)NNC(=O)c1cc(Cl)cc(N2CCC(O)C2)c1. The number of aliphatic hydroxyl groups is 1. The van der Waals surface area contributed by atoms with Gasteiger partial charge in [-0.1, -0.05) is 11.6 Å². The monoisotopic (exact) mass is 369 g/mol. The second-order valence-electron chi connectivity index (χ2n) is 5.57. The average Bonchev–Trinajstić information content (AvgIpc) is 2.98. The van der Waals surface area contributed by atoms with Gasteiger partial charge in [-0.25, -0.2) is 0 Å². The van der Waals surface area contributed by atoms with E-state index in [9.17, 15) is 19.5 Å². The van der Waals surface area contributed by atoms with E-state index in [4.69, 9.17) is 11.6 Å². The lowest BCUT2D eigenvalue weighted by atomic mass is 10.2. The van der Waals surface area contributed by atoms with E-state index < -0.39 is 30.3 Å². The number of aliphatic hydroxyl groups excluding tert-OH is 1. The van der Waals surface area contributed by atoms with Gasteiger partial charge in [-0.3, -0.25) is 25.2 Å². The fraction of sp³-hybridized carbons (Fsp3) is 0.438. The molecule has 1 saturated heterocycles. The van der Waals surface area contributed by atoms with Crippen LogP contribution in [0.2, 0.25) is 5.02 Å². The molecule has 1 heterocycles. The molecule has 0 bridgehead atoms. The maximum atomic E-state index is 12.2. The second kappa shape index (κ2) is 8.68. The number of nitrogens with zero attached hydrogens (tertiary/aromatic N) is 1. The second-order valence-corrected chi connectivity index (χ2v) is 6.01. The molecule has 1 aliphatic rings. The van der Waals surface area contributed by atoms with Gasteiger partial charge in [0, 0.05) is 29.4 Å². The average molecular weight is 370 g/mol. The number of esters is 1. The molecule has 3 N–H and O–H groups in total. The van der Waals surface area contributed by atoms with Crippen LogP contribution in [-0.2, 0) is 14.3 Å². The van der Waals surface area contributed by atoms with Crippen molar-refractivity contribution in [3.8, 4) is 0 Å². The molecule has 1 unspecified atom stereocenters. The molecule has 0 spiro atoms. The van der Waals surface area contributed by atoms with Gasteiger partial charge in [-0.15, -0.1) is 0 Å². The van der Waals surface area contributed by atoms with Gasteiger partial charge in [-0.05, 0) is 31.5 Å². The largest absolute Gasteiger partial charge is 0.466 e. The number of ether oxygens (including phenoxy) is 1. The van der Waals surface area contributed by atoms with Crippen molar-refractivity contribution in [2.45, 2.75) is 25.9 Å². The number of carbonyl (C=O) groups excluding carboxylic acids is 3. The molecule has 9 heteroatoms. The third-order valence-corrected chi connectivity index (χ3v) is 3.82. The Morgan fingerprint density at radius 3 is 2.72 bits per heavy atom. The highest BCUT2D eigenvalue weighted by atomic mass is 35.5. The van der Waals surface area contributed by atoms with Crippen LogP contribution in [0.1, 0.15) is 30.1 Å². The van der Waals surface area contributed by atoms with Crippen molar-refractivity contribution in [3.05, 3.63) is 28.8 Å². The van der Waals surface area contributed by atoms with Gasteiger partial charge < -0.3 is 14.7 Å². The Bertz CT molecular complexity index is 667. The molecule has 0 saturated carbocycles. The van der Waals surface area contributed by atoms with Crippen molar-refractivity contribution in [2.75, 3.05) is 24.6 Å². The van der Waals surface area contributed by atoms with Gasteiger partial charge in [0.25, 0.3) is 5.91 Å². The fourth-order valence-corrected chi connectivity index (χ4v) is 2.68. The molecule has 0 radical (unpaired) electrons. The lowest BCUT2D eigenvalue weighted by molar-refractivity contribution is -0.146. The van der Waals surface area contributed by atoms with Crippen molar-refractivity contribution in [1.82, 2.24) is 10.9 Å². The first kappa shape index (κ1) is 19.0. The molecule has 1 atom stereocenters. The zero-order chi connectivity index (χ0) is 18.4. The van der Waals surface area contributed by atoms with Crippen molar-refractivity contribution in [1.29, 1.82) is 0 Å². The summed E-state index contributed by atoms with van der Waals surface area (Å²) in [6.45, 7) is 2.94. The van der Waals surface area contributed by atoms with Crippen molar-refractivity contribution < 1.29 is 24.2 Å². The first-order valence-electron chi connectivity index (χ1n) is 7.87. The molecule has 136 valence electrons. The lowest BCUT2D eigenvalue weighted by Gasteiger charge is -2.19. The van der Waals surface area contributed by atoms with Gasteiger partial charge >= 0.3 is 5.97 Å². The molecule has 1 fully saturated rings. The fourth-order valence-electron chi connectivity index (χ4n) is 2.45. The highest BCUT2D eigenvalue weighted by Gasteiger charge is 2.22. The maximum absolute atomic E-state index is 12.2. The highest BCUT2D eigenvalue weighted by molar-refractivity contribution is 6.31. The number of nitrogens with one attached hydrogen (secondary N) is 2. The van der Waals surface area contributed by atoms with Gasteiger partial charge in [0.05, 0.1) is 12.7 Å². The standard InChI is InChI=1S/C16H20ClN3O5/c1-2-25-15(23)8-14(22)18-19-16(24)10-5-11(17)7-12(6-10)20-4-3-13(21)9-20/h5-7,13,21H,2-4,8-9H2,1H3,(H,18,22)(H,19,24). The predicted octanol–water partition coefficient (Wildman–Crippen LogP) is 0.625. The molecule has 1 aliphatic heterocycles. The van der Waals surface area contributed by atoms with E-state index in [1.165, 1.54) is 6.07 Å². The van der Waals surface area contributed by atoms with Crippen molar-refractivity contribution in [2.24, 2.45) is 0 Å². The number of hydrogen-bond donors (Lipinski definition) is 3. The normalized spacial score (nSPS) is 16.4. The van der Waals surface area contributed by atoms with Crippen LogP contribution in [0.5, 0.6) is 0 Å². The summed E-state index contributed by atoms with van der Waals surface area (Å²) in [5, 5.41) is 9.99. The number of carbonyl (C=O) groups is 3. The zero-order valence-electron chi connectivity index (χ0n) is 13.8. The Hall–Kier alpha value is -2.32. The number of benzene rings is 1. The Balaban J connectivity index is 1.96. The van der Waals surface area contributed by atoms with Crippen LogP contribution in [0, 0.1) is 0 Å². The molecule has 8 nitrogen and oxygen atoms in total. The number of amides is 2. The molecule has 2 amide bonds. The number of hydrazine groups is 1. The minimum atomic E-state index is -0.684. The van der Waals surface area contributed by atoms with E-state index in [0.29, 0.717) is 30.2 Å². The number of rotatable bonds is 5. The van der Waals surface area contributed by atoms with Crippen LogP contribution in [0.4, 0.5) is 5.69 Å². The number of anilines is 1. The van der Waals surface area contributed by atoms with Crippen LogP contribution < -0.4 is 15.8 Å². The molecule has 25 heavy (non-hydrogen) atoms. The summed E-state index contributed by atoms with van der Waals surface area (Å²) in [4.78, 5) is 36.8. The topological polar surface area (TPSA) is 108 Å². The van der Waals surface area contributed by atoms with Crippen LogP contribution in [0.3, 0.4) is 0 Å². The van der Waals surface area contributed by atoms with Gasteiger partial charge in [0.1, 0.15) is 6.42 Å². The van der Waals surface area contributed by atoms with Crippen LogP contribution >= 0.6 is 11.6 Å². The summed E-state index contributed by atoms with van der Waals surface area (Å²) in [6, 6.07) is 4.79. The summed E-state index contributed by atoms with van der Waals surface area (Å²) in [5.41, 5.74) is 5.34. The van der Waals surface area contributed by atoms with E-state index in [2.05, 4.69) is 15.6 Å². The maximum Gasteiger partial charge on any atom is 0.315 e.